The number of nitro groups is 1. The maximum Gasteiger partial charge on any atom is 0.737 e. The van der Waals surface area contributed by atoms with Crippen LogP contribution in [0.15, 0.2) is 65.9 Å². The Morgan fingerprint density at radius 2 is 1.49 bits per heavy atom. The summed E-state index contributed by atoms with van der Waals surface area (Å²) in [6.07, 6.45) is 1.97. The van der Waals surface area contributed by atoms with Gasteiger partial charge in [-0.25, -0.2) is 4.79 Å². The van der Waals surface area contributed by atoms with E-state index in [1.54, 1.807) is 54.4 Å². The molecule has 0 spiro atoms. The number of amides is 5. The molecular formula is C59H85BF2N10O18S2+2. The van der Waals surface area contributed by atoms with Gasteiger partial charge in [-0.1, -0.05) is 23.3 Å². The van der Waals surface area contributed by atoms with Gasteiger partial charge in [0.15, 0.2) is 22.9 Å². The number of fused-ring (bicyclic) bond motifs is 2. The van der Waals surface area contributed by atoms with Gasteiger partial charge in [-0.3, -0.25) is 48.0 Å². The summed E-state index contributed by atoms with van der Waals surface area (Å²) in [5.74, 6) is -6.16. The SMILES string of the molecule is COc1cc(C(C)OC(=O)ON2C(=O)CCC2=O)c([N+](=O)[O-])cc1OCCN(C)CCNC(=O)C(CCCC[N+](C)(C)C)NC(=O)C(CS(=O)(=O)O)NC(=O)CCc1cc(CCCCS(=O)(=O)O)c2n1[B-](F)(F)[N+]1=C(c3ccccc3)C=C(CCC[N+](C)(C)C)C1=C2. The zero-order valence-electron chi connectivity index (χ0n) is 53.4. The Labute approximate surface area is 534 Å². The molecule has 3 aromatic rings. The molecule has 1 fully saturated rings. The Morgan fingerprint density at radius 3 is 2.11 bits per heavy atom. The first-order valence-corrected chi connectivity index (χ1v) is 33.4. The van der Waals surface area contributed by atoms with E-state index < -0.39 is 110 Å². The van der Waals surface area contributed by atoms with E-state index in [1.165, 1.54) is 26.2 Å². The fourth-order valence-corrected chi connectivity index (χ4v) is 12.1. The van der Waals surface area contributed by atoms with E-state index in [-0.39, 0.29) is 110 Å². The number of carbonyl (C=O) groups excluding carboxylic acids is 6. The smallest absolute Gasteiger partial charge is 0.493 e. The minimum absolute atomic E-state index is 0.000724. The predicted molar refractivity (Wildman–Crippen MR) is 334 cm³/mol. The van der Waals surface area contributed by atoms with Crippen LogP contribution in [0.4, 0.5) is 19.1 Å². The van der Waals surface area contributed by atoms with Crippen LogP contribution in [-0.4, -0.2) is 226 Å². The first kappa shape index (κ1) is 73.4. The zero-order chi connectivity index (χ0) is 68.1. The number of rotatable bonds is 36. The Morgan fingerprint density at radius 1 is 0.826 bits per heavy atom. The highest BCUT2D eigenvalue weighted by atomic mass is 32.2. The monoisotopic (exact) mass is 1330 g/mol. The zero-order valence-corrected chi connectivity index (χ0v) is 55.0. The second kappa shape index (κ2) is 31.3. The normalized spacial score (nSPS) is 15.9. The molecule has 4 heterocycles. The number of likely N-dealkylation sites (N-methyl/N-ethyl adjacent to an activating group) is 1. The lowest BCUT2D eigenvalue weighted by Crippen LogP contribution is -2.56. The predicted octanol–water partition coefficient (Wildman–Crippen LogP) is 4.19. The number of benzene rings is 2. The number of aryl methyl sites for hydroxylation is 2. The second-order valence-electron chi connectivity index (χ2n) is 25.1. The number of quaternary nitrogens is 2. The lowest BCUT2D eigenvalue weighted by molar-refractivity contribution is -0.870. The van der Waals surface area contributed by atoms with Crippen LogP contribution >= 0.6 is 0 Å². The number of imide groups is 1. The molecule has 3 aliphatic heterocycles. The van der Waals surface area contributed by atoms with Crippen molar-refractivity contribution in [3.8, 4) is 11.5 Å². The molecule has 92 heavy (non-hydrogen) atoms. The molecule has 506 valence electrons. The summed E-state index contributed by atoms with van der Waals surface area (Å²) < 4.78 is 123. The Balaban J connectivity index is 1.14. The molecule has 3 unspecified atom stereocenters. The van der Waals surface area contributed by atoms with Crippen LogP contribution in [0.3, 0.4) is 0 Å². The molecule has 1 aromatic heterocycles. The molecule has 5 amide bonds. The number of hydroxylamine groups is 2. The van der Waals surface area contributed by atoms with Gasteiger partial charge in [0.1, 0.15) is 30.5 Å². The number of carbonyl (C=O) groups is 6. The molecule has 6 rings (SSSR count). The maximum atomic E-state index is 17.8. The van der Waals surface area contributed by atoms with Gasteiger partial charge in [0.05, 0.1) is 84.8 Å². The number of hydrogen-bond acceptors (Lipinski definition) is 17. The van der Waals surface area contributed by atoms with E-state index in [0.717, 1.165) is 21.6 Å². The quantitative estimate of drug-likeness (QED) is 0.00796. The Hall–Kier alpha value is -7.69. The standard InChI is InChI=1S/C59H83BF2N10O18S2/c1-40(89-59(78)90-69-55(74)25-26-56(69)75)45-36-52(87-9)53(38-51(45)70(79)80)88-32-29-66(2)28-27-63-57(76)46(22-13-15-30-71(3,4)5)65-58(77)47(39-92(84,85)86)64-54(73)24-23-44-34-42(20-14-16-33-91(81,82)83)49-37-50-43(21-17-31-72(6,7)8)35-48(41-18-11-10-12-19-41)68(50)60(61,62)67(44)49/h10-12,18-19,34-38,40,46-47H,13-17,20-33,39H2,1-9H3,(H3-2,63,64,65,73,76,77,81,82,83,84,85,86)/p+2. The number of halogens is 2. The van der Waals surface area contributed by atoms with Crippen molar-refractivity contribution < 1.29 is 101 Å². The molecule has 0 aliphatic carbocycles. The minimum Gasteiger partial charge on any atom is -0.493 e. The van der Waals surface area contributed by atoms with E-state index in [0.29, 0.717) is 63.6 Å². The van der Waals surface area contributed by atoms with E-state index in [9.17, 15) is 64.8 Å². The molecule has 1 saturated heterocycles. The van der Waals surface area contributed by atoms with Gasteiger partial charge in [-0.2, -0.15) is 16.8 Å². The van der Waals surface area contributed by atoms with Crippen molar-refractivity contribution in [1.29, 1.82) is 0 Å². The van der Waals surface area contributed by atoms with Crippen LogP contribution in [-0.2, 0) is 66.6 Å². The summed E-state index contributed by atoms with van der Waals surface area (Å²) >= 11 is 0. The molecule has 3 aliphatic rings. The second-order valence-corrected chi connectivity index (χ2v) is 28.1. The van der Waals surface area contributed by atoms with Crippen molar-refractivity contribution in [1.82, 2.24) is 30.4 Å². The van der Waals surface area contributed by atoms with Gasteiger partial charge >= 0.3 is 13.1 Å². The van der Waals surface area contributed by atoms with Gasteiger partial charge in [-0.15, -0.1) is 0 Å². The molecular weight excluding hydrogens is 1250 g/mol. The summed E-state index contributed by atoms with van der Waals surface area (Å²) in [5.41, 5.74) is 1.70. The van der Waals surface area contributed by atoms with Crippen molar-refractivity contribution in [2.75, 3.05) is 107 Å². The average molecular weight is 1340 g/mol. The van der Waals surface area contributed by atoms with E-state index >= 15 is 8.63 Å². The molecule has 2 aromatic carbocycles. The van der Waals surface area contributed by atoms with Gasteiger partial charge in [-0.05, 0) is 101 Å². The van der Waals surface area contributed by atoms with Crippen molar-refractivity contribution in [2.45, 2.75) is 102 Å². The number of ether oxygens (including phenoxy) is 3. The fourth-order valence-electron chi connectivity index (χ4n) is 10.9. The summed E-state index contributed by atoms with van der Waals surface area (Å²) in [6.45, 7) is -1.65. The highest BCUT2D eigenvalue weighted by Gasteiger charge is 2.55. The molecule has 33 heteroatoms. The van der Waals surface area contributed by atoms with Crippen LogP contribution < -0.4 is 25.4 Å². The number of nitrogens with zero attached hydrogens (tertiary/aromatic N) is 7. The minimum atomic E-state index is -4.99. The molecule has 3 atom stereocenters. The van der Waals surface area contributed by atoms with Crippen LogP contribution in [0, 0.1) is 10.1 Å². The van der Waals surface area contributed by atoms with Gasteiger partial charge in [0, 0.05) is 74.3 Å². The Bertz CT molecular complexity index is 3560. The highest BCUT2D eigenvalue weighted by molar-refractivity contribution is 7.86. The van der Waals surface area contributed by atoms with Crippen LogP contribution in [0.1, 0.15) is 105 Å². The number of nitro benzene ring substituents is 1. The van der Waals surface area contributed by atoms with Crippen LogP contribution in [0.5, 0.6) is 11.5 Å². The molecule has 5 N–H and O–H groups in total. The first-order valence-electron chi connectivity index (χ1n) is 30.2. The summed E-state index contributed by atoms with van der Waals surface area (Å²) in [7, 11) is 5.66. The summed E-state index contributed by atoms with van der Waals surface area (Å²) in [5, 5.41) is 20.1. The van der Waals surface area contributed by atoms with E-state index in [4.69, 9.17) is 19.0 Å². The number of methoxy groups -OCH3 is 1. The van der Waals surface area contributed by atoms with Gasteiger partial charge in [0.2, 0.25) is 17.7 Å². The number of hydrogen-bond donors (Lipinski definition) is 5. The third-order valence-corrected chi connectivity index (χ3v) is 17.1. The van der Waals surface area contributed by atoms with Crippen LogP contribution in [0.2, 0.25) is 0 Å². The fraction of sp³-hybridized carbons (Fsp3) is 0.542. The number of allylic oxidation sites excluding steroid dienone is 2. The van der Waals surface area contributed by atoms with Gasteiger partial charge in [0.25, 0.3) is 37.7 Å². The van der Waals surface area contributed by atoms with Crippen molar-refractivity contribution >= 4 is 80.4 Å². The number of aromatic nitrogens is 1. The Kier molecular flexibility index (Phi) is 25.0. The largest absolute Gasteiger partial charge is 0.737 e. The molecule has 0 saturated carbocycles. The first-order chi connectivity index (χ1) is 42.9. The van der Waals surface area contributed by atoms with E-state index in [1.807, 2.05) is 42.3 Å². The van der Waals surface area contributed by atoms with Crippen molar-refractivity contribution in [3.05, 3.63) is 104 Å². The summed E-state index contributed by atoms with van der Waals surface area (Å²) in [6, 6.07) is 9.26. The van der Waals surface area contributed by atoms with E-state index in [2.05, 4.69) is 16.0 Å². The van der Waals surface area contributed by atoms with Gasteiger partial charge < -0.3 is 61.6 Å². The third-order valence-electron chi connectivity index (χ3n) is 15.5. The van der Waals surface area contributed by atoms with Crippen molar-refractivity contribution in [3.63, 3.8) is 0 Å². The lowest BCUT2D eigenvalue weighted by Gasteiger charge is -2.32. The summed E-state index contributed by atoms with van der Waals surface area (Å²) in [4.78, 5) is 96.1. The molecule has 28 nitrogen and oxygen atoms in total. The third kappa shape index (κ3) is 21.2. The highest BCUT2D eigenvalue weighted by Crippen LogP contribution is 2.41. The average Bonchev–Trinajstić information content (AvgIpc) is 1.54. The maximum absolute atomic E-state index is 17.8. The molecule has 0 radical (unpaired) electrons. The topological polar surface area (TPSA) is 342 Å². The van der Waals surface area contributed by atoms with Crippen LogP contribution in [0.25, 0.3) is 6.08 Å². The van der Waals surface area contributed by atoms with Crippen molar-refractivity contribution in [2.24, 2.45) is 0 Å². The number of nitrogens with one attached hydrogen (secondary N) is 3. The lowest BCUT2D eigenvalue weighted by atomic mass is 9.88. The number of unbranched alkanes of at least 4 members (excludes halogenated alkanes) is 2. The molecule has 0 bridgehead atoms.